The van der Waals surface area contributed by atoms with E-state index in [4.69, 9.17) is 4.74 Å². The number of unbranched alkanes of at least 4 members (excludes halogenated alkanes) is 22. The molecule has 0 aromatic heterocycles. The first-order chi connectivity index (χ1) is 25.9. The van der Waals surface area contributed by atoms with Crippen molar-refractivity contribution in [3.63, 3.8) is 0 Å². The minimum absolute atomic E-state index is 0.00253. The van der Waals surface area contributed by atoms with Crippen LogP contribution in [-0.2, 0) is 19.1 Å². The largest absolute Gasteiger partial charge is 0.465 e. The van der Waals surface area contributed by atoms with Crippen molar-refractivity contribution in [3.8, 4) is 0 Å². The number of hydrogen-bond donors (Lipinski definition) is 0. The van der Waals surface area contributed by atoms with Crippen molar-refractivity contribution in [2.45, 2.75) is 245 Å². The second kappa shape index (κ2) is 40.2. The quantitative estimate of drug-likeness (QED) is 0.0353. The minimum Gasteiger partial charge on any atom is -0.465 e. The molecule has 0 rings (SSSR count). The number of carbonyl (C=O) groups is 3. The summed E-state index contributed by atoms with van der Waals surface area (Å²) in [6, 6.07) is 0.344. The Balaban J connectivity index is 4.78. The summed E-state index contributed by atoms with van der Waals surface area (Å²) in [5.41, 5.74) is 0. The van der Waals surface area contributed by atoms with Gasteiger partial charge in [-0.3, -0.25) is 9.59 Å². The van der Waals surface area contributed by atoms with Crippen molar-refractivity contribution in [1.82, 2.24) is 9.80 Å². The molecule has 1 amide bonds. The summed E-state index contributed by atoms with van der Waals surface area (Å²) >= 11 is 0. The molecule has 0 fully saturated rings. The van der Waals surface area contributed by atoms with Crippen LogP contribution < -0.4 is 0 Å². The Morgan fingerprint density at radius 3 is 1.45 bits per heavy atom. The molecule has 6 nitrogen and oxygen atoms in total. The molecule has 0 N–H and O–H groups in total. The molecule has 0 aromatic carbocycles. The van der Waals surface area contributed by atoms with Gasteiger partial charge in [0, 0.05) is 31.8 Å². The van der Waals surface area contributed by atoms with Gasteiger partial charge in [0.2, 0.25) is 5.91 Å². The molecule has 0 saturated carbocycles. The summed E-state index contributed by atoms with van der Waals surface area (Å²) in [6.45, 7) is 9.28. The predicted octanol–water partition coefficient (Wildman–Crippen LogP) is 13.4. The van der Waals surface area contributed by atoms with Gasteiger partial charge in [-0.2, -0.15) is 0 Å². The van der Waals surface area contributed by atoms with Crippen LogP contribution in [0.15, 0.2) is 0 Å². The lowest BCUT2D eigenvalue weighted by atomic mass is 9.95. The van der Waals surface area contributed by atoms with Gasteiger partial charge in [0.25, 0.3) is 0 Å². The van der Waals surface area contributed by atoms with E-state index in [0.717, 1.165) is 77.2 Å². The molecule has 0 aliphatic heterocycles. The maximum absolute atomic E-state index is 13.7. The molecular weight excluding hydrogens is 657 g/mol. The first kappa shape index (κ1) is 51.6. The van der Waals surface area contributed by atoms with E-state index in [9.17, 15) is 14.4 Å². The first-order valence-corrected chi connectivity index (χ1v) is 23.4. The Labute approximate surface area is 331 Å². The number of esters is 1. The van der Waals surface area contributed by atoms with E-state index in [2.05, 4.69) is 44.7 Å². The number of ether oxygens (including phenoxy) is 1. The highest BCUT2D eigenvalue weighted by atomic mass is 16.5. The Morgan fingerprint density at radius 1 is 0.509 bits per heavy atom. The van der Waals surface area contributed by atoms with Gasteiger partial charge in [-0.05, 0) is 77.9 Å². The van der Waals surface area contributed by atoms with Gasteiger partial charge in [-0.1, -0.05) is 168 Å². The summed E-state index contributed by atoms with van der Waals surface area (Å²) < 4.78 is 5.82. The highest BCUT2D eigenvalue weighted by Gasteiger charge is 2.23. The van der Waals surface area contributed by atoms with Crippen molar-refractivity contribution >= 4 is 18.2 Å². The third-order valence-electron chi connectivity index (χ3n) is 11.2. The van der Waals surface area contributed by atoms with Gasteiger partial charge in [-0.25, -0.2) is 0 Å². The maximum atomic E-state index is 13.7. The Hall–Kier alpha value is -1.43. The first-order valence-electron chi connectivity index (χ1n) is 23.4. The average molecular weight is 749 g/mol. The Morgan fingerprint density at radius 2 is 0.943 bits per heavy atom. The van der Waals surface area contributed by atoms with Crippen LogP contribution in [0.2, 0.25) is 0 Å². The maximum Gasteiger partial charge on any atom is 0.305 e. The number of rotatable bonds is 42. The van der Waals surface area contributed by atoms with Crippen LogP contribution in [0.3, 0.4) is 0 Å². The van der Waals surface area contributed by atoms with Gasteiger partial charge in [0.05, 0.1) is 6.61 Å². The monoisotopic (exact) mass is 749 g/mol. The minimum atomic E-state index is 0.00253. The lowest BCUT2D eigenvalue weighted by molar-refractivity contribution is -0.145. The number of amides is 1. The van der Waals surface area contributed by atoms with E-state index < -0.39 is 0 Å². The third kappa shape index (κ3) is 34.8. The molecule has 53 heavy (non-hydrogen) atoms. The topological polar surface area (TPSA) is 66.9 Å². The SMILES string of the molecule is CCCCCCCC(=O)N(CCCN(C)C)C(CCCCCCCCC=O)CCCCCCCCC(=O)OCC(CCCCCC)CCCCCCC. The van der Waals surface area contributed by atoms with Gasteiger partial charge >= 0.3 is 5.97 Å². The average Bonchev–Trinajstić information content (AvgIpc) is 3.14. The summed E-state index contributed by atoms with van der Waals surface area (Å²) in [5.74, 6) is 0.911. The fourth-order valence-electron chi connectivity index (χ4n) is 7.71. The van der Waals surface area contributed by atoms with Crippen molar-refractivity contribution in [2.24, 2.45) is 5.92 Å². The summed E-state index contributed by atoms with van der Waals surface area (Å²) in [4.78, 5) is 41.4. The molecule has 0 aliphatic carbocycles. The van der Waals surface area contributed by atoms with Gasteiger partial charge in [-0.15, -0.1) is 0 Å². The van der Waals surface area contributed by atoms with Crippen molar-refractivity contribution < 1.29 is 19.1 Å². The lowest BCUT2D eigenvalue weighted by Crippen LogP contribution is -2.41. The normalized spacial score (nSPS) is 12.6. The molecule has 0 bridgehead atoms. The van der Waals surface area contributed by atoms with Crippen LogP contribution in [0.1, 0.15) is 239 Å². The van der Waals surface area contributed by atoms with Gasteiger partial charge in [0.1, 0.15) is 6.29 Å². The summed E-state index contributed by atoms with van der Waals surface area (Å²) in [7, 11) is 4.25. The van der Waals surface area contributed by atoms with E-state index >= 15 is 0 Å². The molecule has 0 heterocycles. The molecule has 314 valence electrons. The van der Waals surface area contributed by atoms with Crippen LogP contribution in [-0.4, -0.2) is 67.8 Å². The predicted molar refractivity (Wildman–Crippen MR) is 229 cm³/mol. The number of nitrogens with zero attached hydrogens (tertiary/aromatic N) is 2. The highest BCUT2D eigenvalue weighted by molar-refractivity contribution is 5.76. The van der Waals surface area contributed by atoms with E-state index in [1.807, 2.05) is 0 Å². The second-order valence-corrected chi connectivity index (χ2v) is 16.7. The van der Waals surface area contributed by atoms with E-state index in [0.29, 0.717) is 43.7 Å². The summed E-state index contributed by atoms with van der Waals surface area (Å²) in [5, 5.41) is 0. The molecular formula is C47H92N2O4. The highest BCUT2D eigenvalue weighted by Crippen LogP contribution is 2.23. The van der Waals surface area contributed by atoms with Gasteiger partial charge in [0.15, 0.2) is 0 Å². The van der Waals surface area contributed by atoms with Crippen molar-refractivity contribution in [2.75, 3.05) is 33.8 Å². The molecule has 0 aromatic rings. The summed E-state index contributed by atoms with van der Waals surface area (Å²) in [6.07, 6.45) is 40.0. The Kier molecular flexibility index (Phi) is 39.2. The molecule has 0 saturated heterocycles. The molecule has 0 spiro atoms. The molecule has 0 radical (unpaired) electrons. The molecule has 6 heteroatoms. The van der Waals surface area contributed by atoms with Crippen LogP contribution in [0.4, 0.5) is 0 Å². The zero-order chi connectivity index (χ0) is 39.0. The van der Waals surface area contributed by atoms with Crippen LogP contribution in [0.5, 0.6) is 0 Å². The smallest absolute Gasteiger partial charge is 0.305 e. The zero-order valence-electron chi connectivity index (χ0n) is 36.4. The third-order valence-corrected chi connectivity index (χ3v) is 11.2. The standard InChI is InChI=1S/C47H92N2O4/c1-6-9-12-20-27-35-44(34-26-14-11-8-3)43-53-47(52)39-31-24-18-17-23-29-37-45(36-28-22-16-15-19-25-32-42-50)49(41-33-40-48(4)5)46(51)38-30-21-13-10-7-2/h42,44-45H,6-41,43H2,1-5H3. The van der Waals surface area contributed by atoms with Crippen LogP contribution in [0, 0.1) is 5.92 Å². The number of hydrogen-bond acceptors (Lipinski definition) is 5. The molecule has 0 aliphatic rings. The van der Waals surface area contributed by atoms with Crippen molar-refractivity contribution in [3.05, 3.63) is 0 Å². The fraction of sp³-hybridized carbons (Fsp3) is 0.936. The van der Waals surface area contributed by atoms with Crippen LogP contribution in [0.25, 0.3) is 0 Å². The Bertz CT molecular complexity index is 803. The molecule has 2 atom stereocenters. The lowest BCUT2D eigenvalue weighted by Gasteiger charge is -2.33. The molecule has 2 unspecified atom stereocenters. The van der Waals surface area contributed by atoms with Gasteiger partial charge < -0.3 is 19.3 Å². The fourth-order valence-corrected chi connectivity index (χ4v) is 7.71. The van der Waals surface area contributed by atoms with E-state index in [-0.39, 0.29) is 5.97 Å². The number of aldehydes is 1. The van der Waals surface area contributed by atoms with Crippen LogP contribution >= 0.6 is 0 Å². The number of carbonyl (C=O) groups excluding carboxylic acids is 3. The van der Waals surface area contributed by atoms with E-state index in [1.54, 1.807) is 0 Å². The van der Waals surface area contributed by atoms with Crippen molar-refractivity contribution in [1.29, 1.82) is 0 Å². The second-order valence-electron chi connectivity index (χ2n) is 16.7. The zero-order valence-corrected chi connectivity index (χ0v) is 36.4. The van der Waals surface area contributed by atoms with E-state index in [1.165, 1.54) is 141 Å².